The fourth-order valence-electron chi connectivity index (χ4n) is 2.51. The highest BCUT2D eigenvalue weighted by Gasteiger charge is 2.14. The zero-order chi connectivity index (χ0) is 17.2. The first-order valence-electron chi connectivity index (χ1n) is 7.85. The maximum Gasteiger partial charge on any atom is 0.204 e. The minimum Gasteiger partial charge on any atom is -0.384 e. The number of benzene rings is 1. The standard InChI is InChI=1S/C16H16N8S/c1-2-11-12(22-24(21-11)10-6-4-3-5-7-10)9-25-13-8-14(17)18-16-15(13)19-23-20-16/h3-8H,2,9H2,1H3,(H3,17,18,19,20,23). The van der Waals surface area contributed by atoms with Crippen molar-refractivity contribution in [2.45, 2.75) is 24.0 Å². The molecule has 3 aromatic heterocycles. The van der Waals surface area contributed by atoms with Crippen LogP contribution in [0.1, 0.15) is 18.3 Å². The molecule has 126 valence electrons. The van der Waals surface area contributed by atoms with Crippen molar-refractivity contribution in [1.82, 2.24) is 35.4 Å². The Hall–Kier alpha value is -2.94. The summed E-state index contributed by atoms with van der Waals surface area (Å²) >= 11 is 1.60. The third kappa shape index (κ3) is 3.05. The number of rotatable bonds is 5. The van der Waals surface area contributed by atoms with E-state index in [9.17, 15) is 0 Å². The van der Waals surface area contributed by atoms with E-state index in [0.29, 0.717) is 22.7 Å². The summed E-state index contributed by atoms with van der Waals surface area (Å²) < 4.78 is 0. The Balaban J connectivity index is 1.62. The van der Waals surface area contributed by atoms with E-state index in [2.05, 4.69) is 37.5 Å². The second-order valence-corrected chi connectivity index (χ2v) is 6.42. The number of para-hydroxylation sites is 1. The van der Waals surface area contributed by atoms with Crippen LogP contribution >= 0.6 is 11.8 Å². The van der Waals surface area contributed by atoms with Gasteiger partial charge in [0, 0.05) is 10.6 Å². The molecule has 0 radical (unpaired) electrons. The van der Waals surface area contributed by atoms with Gasteiger partial charge in [-0.15, -0.1) is 16.9 Å². The van der Waals surface area contributed by atoms with E-state index in [1.165, 1.54) is 0 Å². The predicted octanol–water partition coefficient (Wildman–Crippen LogP) is 2.37. The molecule has 0 saturated carbocycles. The Kier molecular flexibility index (Phi) is 4.06. The van der Waals surface area contributed by atoms with Gasteiger partial charge in [-0.05, 0) is 24.6 Å². The molecule has 0 aliphatic rings. The number of H-pyrrole nitrogens is 1. The Labute approximate surface area is 147 Å². The monoisotopic (exact) mass is 352 g/mol. The lowest BCUT2D eigenvalue weighted by Crippen LogP contribution is -1.98. The number of thioether (sulfide) groups is 1. The first-order chi connectivity index (χ1) is 12.2. The molecule has 3 N–H and O–H groups in total. The number of nitrogens with zero attached hydrogens (tertiary/aromatic N) is 6. The Bertz CT molecular complexity index is 1010. The van der Waals surface area contributed by atoms with Crippen molar-refractivity contribution in [2.75, 3.05) is 5.73 Å². The number of anilines is 1. The Morgan fingerprint density at radius 3 is 2.72 bits per heavy atom. The Morgan fingerprint density at radius 1 is 1.12 bits per heavy atom. The van der Waals surface area contributed by atoms with E-state index < -0.39 is 0 Å². The zero-order valence-electron chi connectivity index (χ0n) is 13.5. The number of hydrogen-bond donors (Lipinski definition) is 2. The van der Waals surface area contributed by atoms with Crippen LogP contribution in [0, 0.1) is 0 Å². The Morgan fingerprint density at radius 2 is 1.92 bits per heavy atom. The highest BCUT2D eigenvalue weighted by atomic mass is 32.2. The third-order valence-corrected chi connectivity index (χ3v) is 4.77. The highest BCUT2D eigenvalue weighted by Crippen LogP contribution is 2.29. The molecule has 0 amide bonds. The minimum atomic E-state index is 0.424. The fourth-order valence-corrected chi connectivity index (χ4v) is 3.51. The van der Waals surface area contributed by atoms with E-state index in [4.69, 9.17) is 5.73 Å². The average Bonchev–Trinajstić information content (AvgIpc) is 3.26. The lowest BCUT2D eigenvalue weighted by Gasteiger charge is -2.02. The topological polar surface area (TPSA) is 111 Å². The van der Waals surface area contributed by atoms with Crippen LogP contribution in [0.4, 0.5) is 5.82 Å². The van der Waals surface area contributed by atoms with Gasteiger partial charge in [-0.25, -0.2) is 4.98 Å². The quantitative estimate of drug-likeness (QED) is 0.530. The summed E-state index contributed by atoms with van der Waals surface area (Å²) in [6, 6.07) is 11.7. The second-order valence-electron chi connectivity index (χ2n) is 5.40. The van der Waals surface area contributed by atoms with Gasteiger partial charge in [0.1, 0.15) is 11.3 Å². The molecule has 0 unspecified atom stereocenters. The molecule has 3 heterocycles. The molecular formula is C16H16N8S. The van der Waals surface area contributed by atoms with Crippen molar-refractivity contribution in [1.29, 1.82) is 0 Å². The summed E-state index contributed by atoms with van der Waals surface area (Å²) in [6.07, 6.45) is 0.820. The molecule has 0 saturated heterocycles. The maximum absolute atomic E-state index is 5.85. The maximum atomic E-state index is 5.85. The van der Waals surface area contributed by atoms with Crippen LogP contribution in [0.15, 0.2) is 41.3 Å². The van der Waals surface area contributed by atoms with Crippen molar-refractivity contribution in [3.63, 3.8) is 0 Å². The number of fused-ring (bicyclic) bond motifs is 1. The average molecular weight is 352 g/mol. The van der Waals surface area contributed by atoms with E-state index in [-0.39, 0.29) is 0 Å². The van der Waals surface area contributed by atoms with Crippen LogP contribution in [0.5, 0.6) is 0 Å². The molecule has 4 rings (SSSR count). The molecule has 0 bridgehead atoms. The molecule has 9 heteroatoms. The van der Waals surface area contributed by atoms with E-state index in [1.807, 2.05) is 36.4 Å². The molecule has 0 aliphatic heterocycles. The van der Waals surface area contributed by atoms with Gasteiger partial charge < -0.3 is 5.73 Å². The number of aromatic amines is 1. The highest BCUT2D eigenvalue weighted by molar-refractivity contribution is 7.98. The second kappa shape index (κ2) is 6.52. The largest absolute Gasteiger partial charge is 0.384 e. The van der Waals surface area contributed by atoms with Crippen LogP contribution in [0.25, 0.3) is 16.9 Å². The molecule has 0 fully saturated rings. The SMILES string of the molecule is CCc1nn(-c2ccccc2)nc1CSc1cc(N)nc2n[nH]nc12. The first-order valence-corrected chi connectivity index (χ1v) is 8.83. The summed E-state index contributed by atoms with van der Waals surface area (Å²) in [4.78, 5) is 6.76. The number of aromatic nitrogens is 7. The molecule has 0 atom stereocenters. The van der Waals surface area contributed by atoms with Crippen LogP contribution in [0.3, 0.4) is 0 Å². The lowest BCUT2D eigenvalue weighted by molar-refractivity contribution is 0.735. The van der Waals surface area contributed by atoms with Crippen molar-refractivity contribution < 1.29 is 0 Å². The number of aryl methyl sites for hydroxylation is 1. The number of pyridine rings is 1. The zero-order valence-corrected chi connectivity index (χ0v) is 14.4. The minimum absolute atomic E-state index is 0.424. The molecule has 1 aromatic carbocycles. The van der Waals surface area contributed by atoms with Crippen molar-refractivity contribution in [3.05, 3.63) is 47.8 Å². The molecule has 8 nitrogen and oxygen atoms in total. The van der Waals surface area contributed by atoms with Crippen LogP contribution in [-0.2, 0) is 12.2 Å². The van der Waals surface area contributed by atoms with Gasteiger partial charge in [0.2, 0.25) is 5.65 Å². The summed E-state index contributed by atoms with van der Waals surface area (Å²) in [5, 5.41) is 20.0. The van der Waals surface area contributed by atoms with Crippen molar-refractivity contribution >= 4 is 28.7 Å². The van der Waals surface area contributed by atoms with Crippen LogP contribution in [0.2, 0.25) is 0 Å². The molecule has 0 spiro atoms. The van der Waals surface area contributed by atoms with E-state index in [1.54, 1.807) is 16.6 Å². The van der Waals surface area contributed by atoms with Crippen LogP contribution in [-0.4, -0.2) is 35.4 Å². The summed E-state index contributed by atoms with van der Waals surface area (Å²) in [5.74, 6) is 1.09. The summed E-state index contributed by atoms with van der Waals surface area (Å²) in [5.41, 5.74) is 9.96. The number of nitrogen functional groups attached to an aromatic ring is 1. The molecule has 4 aromatic rings. The lowest BCUT2D eigenvalue weighted by atomic mass is 10.3. The third-order valence-electron chi connectivity index (χ3n) is 3.73. The van der Waals surface area contributed by atoms with E-state index >= 15 is 0 Å². The smallest absolute Gasteiger partial charge is 0.204 e. The van der Waals surface area contributed by atoms with Crippen molar-refractivity contribution in [2.24, 2.45) is 0 Å². The van der Waals surface area contributed by atoms with E-state index in [0.717, 1.165) is 28.4 Å². The van der Waals surface area contributed by atoms with Gasteiger partial charge in [0.05, 0.1) is 17.1 Å². The summed E-state index contributed by atoms with van der Waals surface area (Å²) in [6.45, 7) is 2.08. The van der Waals surface area contributed by atoms with Gasteiger partial charge >= 0.3 is 0 Å². The van der Waals surface area contributed by atoms with Gasteiger partial charge in [-0.3, -0.25) is 0 Å². The summed E-state index contributed by atoms with van der Waals surface area (Å²) in [7, 11) is 0. The van der Waals surface area contributed by atoms with Gasteiger partial charge in [-0.2, -0.15) is 25.3 Å². The fraction of sp³-hybridized carbons (Fsp3) is 0.188. The number of nitrogens with one attached hydrogen (secondary N) is 1. The van der Waals surface area contributed by atoms with Gasteiger partial charge in [-0.1, -0.05) is 25.1 Å². The number of nitrogens with two attached hydrogens (primary N) is 1. The van der Waals surface area contributed by atoms with Gasteiger partial charge in [0.25, 0.3) is 0 Å². The van der Waals surface area contributed by atoms with Crippen molar-refractivity contribution in [3.8, 4) is 5.69 Å². The van der Waals surface area contributed by atoms with Crippen LogP contribution < -0.4 is 5.73 Å². The normalized spacial score (nSPS) is 11.2. The first kappa shape index (κ1) is 15.6. The molecule has 25 heavy (non-hydrogen) atoms. The molecular weight excluding hydrogens is 336 g/mol. The molecule has 0 aliphatic carbocycles. The number of hydrogen-bond acceptors (Lipinski definition) is 7. The predicted molar refractivity (Wildman–Crippen MR) is 96.4 cm³/mol. The van der Waals surface area contributed by atoms with Gasteiger partial charge in [0.15, 0.2) is 0 Å².